The summed E-state index contributed by atoms with van der Waals surface area (Å²) in [6, 6.07) is 17.5. The Balaban J connectivity index is 0.00000462. The summed E-state index contributed by atoms with van der Waals surface area (Å²) >= 11 is 0. The number of aryl methyl sites for hydroxylation is 2. The van der Waals surface area contributed by atoms with Crippen LogP contribution in [0.4, 0.5) is 0 Å². The third-order valence-corrected chi connectivity index (χ3v) is 10.8. The SMILES string of the molecule is C=C1CN(S(=O)(=O)c2ccc(C)cc2)CCCN(Cc2ccncc2)CCCN(S(=O)(=O)c2ccc(C)cc2)C1.Cl. The van der Waals surface area contributed by atoms with Crippen molar-refractivity contribution in [3.63, 3.8) is 0 Å². The molecule has 0 saturated carbocycles. The Hall–Kier alpha value is -2.60. The highest BCUT2D eigenvalue weighted by Gasteiger charge is 2.29. The first kappa shape index (κ1) is 32.9. The minimum Gasteiger partial charge on any atom is -0.299 e. The molecular weight excluding hydrogens is 580 g/mol. The van der Waals surface area contributed by atoms with E-state index in [1.807, 2.05) is 26.0 Å². The van der Waals surface area contributed by atoms with Crippen LogP contribution in [0.25, 0.3) is 0 Å². The Bertz CT molecular complexity index is 1400. The summed E-state index contributed by atoms with van der Waals surface area (Å²) in [6.45, 7) is 10.6. The van der Waals surface area contributed by atoms with Gasteiger partial charge in [0.15, 0.2) is 0 Å². The van der Waals surface area contributed by atoms with Crippen molar-refractivity contribution in [2.75, 3.05) is 39.3 Å². The zero-order valence-electron chi connectivity index (χ0n) is 23.6. The molecule has 3 aromatic rings. The third-order valence-electron chi connectivity index (χ3n) is 7.04. The molecule has 0 atom stereocenters. The number of aromatic nitrogens is 1. The van der Waals surface area contributed by atoms with E-state index in [9.17, 15) is 16.8 Å². The molecule has 222 valence electrons. The van der Waals surface area contributed by atoms with Gasteiger partial charge in [0.2, 0.25) is 20.0 Å². The van der Waals surface area contributed by atoms with Gasteiger partial charge in [-0.2, -0.15) is 8.61 Å². The normalized spacial score (nSPS) is 17.3. The van der Waals surface area contributed by atoms with Crippen molar-refractivity contribution < 1.29 is 16.8 Å². The van der Waals surface area contributed by atoms with Gasteiger partial charge < -0.3 is 0 Å². The van der Waals surface area contributed by atoms with Crippen LogP contribution in [-0.2, 0) is 26.6 Å². The summed E-state index contributed by atoms with van der Waals surface area (Å²) in [5.74, 6) is 0. The quantitative estimate of drug-likeness (QED) is 0.374. The van der Waals surface area contributed by atoms with Gasteiger partial charge in [-0.1, -0.05) is 42.0 Å². The van der Waals surface area contributed by atoms with Crippen LogP contribution in [0.5, 0.6) is 0 Å². The molecule has 2 aromatic carbocycles. The van der Waals surface area contributed by atoms with Crippen LogP contribution in [0.2, 0.25) is 0 Å². The predicted molar refractivity (Wildman–Crippen MR) is 165 cm³/mol. The average molecular weight is 619 g/mol. The van der Waals surface area contributed by atoms with E-state index in [1.165, 1.54) is 8.61 Å². The monoisotopic (exact) mass is 618 g/mol. The molecule has 1 aliphatic heterocycles. The van der Waals surface area contributed by atoms with E-state index in [1.54, 1.807) is 60.9 Å². The molecule has 0 N–H and O–H groups in total. The van der Waals surface area contributed by atoms with Crippen LogP contribution >= 0.6 is 12.4 Å². The van der Waals surface area contributed by atoms with E-state index < -0.39 is 20.0 Å². The van der Waals surface area contributed by atoms with E-state index in [4.69, 9.17) is 0 Å². The van der Waals surface area contributed by atoms with Crippen molar-refractivity contribution in [2.24, 2.45) is 0 Å². The Kier molecular flexibility index (Phi) is 11.7. The van der Waals surface area contributed by atoms with E-state index in [0.717, 1.165) is 16.7 Å². The zero-order valence-corrected chi connectivity index (χ0v) is 26.1. The molecule has 8 nitrogen and oxygen atoms in total. The molecule has 1 aromatic heterocycles. The lowest BCUT2D eigenvalue weighted by Crippen LogP contribution is -2.41. The summed E-state index contributed by atoms with van der Waals surface area (Å²) < 4.78 is 57.7. The van der Waals surface area contributed by atoms with Gasteiger partial charge in [-0.05, 0) is 87.3 Å². The second kappa shape index (κ2) is 14.5. The third kappa shape index (κ3) is 8.70. The van der Waals surface area contributed by atoms with Gasteiger partial charge in [0, 0.05) is 45.1 Å². The number of hydrogen-bond acceptors (Lipinski definition) is 6. The number of hydrogen-bond donors (Lipinski definition) is 0. The minimum atomic E-state index is -3.81. The van der Waals surface area contributed by atoms with Crippen LogP contribution in [0.15, 0.2) is 95.0 Å². The second-order valence-corrected chi connectivity index (χ2v) is 14.3. The number of pyridine rings is 1. The lowest BCUT2D eigenvalue weighted by Gasteiger charge is -2.30. The fraction of sp³-hybridized carbons (Fsp3) is 0.367. The number of benzene rings is 2. The largest absolute Gasteiger partial charge is 0.299 e. The van der Waals surface area contributed by atoms with Crippen LogP contribution in [0.3, 0.4) is 0 Å². The Labute approximate surface area is 251 Å². The molecule has 4 rings (SSSR count). The minimum absolute atomic E-state index is 0. The number of rotatable bonds is 6. The number of halogens is 1. The van der Waals surface area contributed by atoms with Gasteiger partial charge in [-0.3, -0.25) is 9.88 Å². The van der Waals surface area contributed by atoms with E-state index in [0.29, 0.717) is 51.1 Å². The average Bonchev–Trinajstić information content (AvgIpc) is 2.92. The maximum absolute atomic E-state index is 13.7. The molecule has 41 heavy (non-hydrogen) atoms. The number of sulfonamides is 2. The summed E-state index contributed by atoms with van der Waals surface area (Å²) in [4.78, 5) is 6.78. The topological polar surface area (TPSA) is 90.9 Å². The highest BCUT2D eigenvalue weighted by molar-refractivity contribution is 7.89. The van der Waals surface area contributed by atoms with Crippen molar-refractivity contribution in [1.29, 1.82) is 0 Å². The fourth-order valence-electron chi connectivity index (χ4n) is 4.79. The first-order chi connectivity index (χ1) is 19.1. The first-order valence-corrected chi connectivity index (χ1v) is 16.4. The molecule has 11 heteroatoms. The maximum Gasteiger partial charge on any atom is 0.243 e. The van der Waals surface area contributed by atoms with Gasteiger partial charge in [0.1, 0.15) is 0 Å². The predicted octanol–water partition coefficient (Wildman–Crippen LogP) is 4.65. The molecule has 1 aliphatic rings. The van der Waals surface area contributed by atoms with E-state index in [2.05, 4.69) is 16.5 Å². The highest BCUT2D eigenvalue weighted by Crippen LogP contribution is 2.22. The van der Waals surface area contributed by atoms with Gasteiger partial charge in [-0.25, -0.2) is 16.8 Å². The summed E-state index contributed by atoms with van der Waals surface area (Å²) in [5, 5.41) is 0. The van der Waals surface area contributed by atoms with Crippen molar-refractivity contribution in [2.45, 2.75) is 43.0 Å². The Morgan fingerprint density at radius 3 is 1.51 bits per heavy atom. The molecule has 2 heterocycles. The van der Waals surface area contributed by atoms with Crippen molar-refractivity contribution >= 4 is 32.5 Å². The number of nitrogens with zero attached hydrogens (tertiary/aromatic N) is 4. The summed E-state index contributed by atoms with van der Waals surface area (Å²) in [6.07, 6.45) is 4.77. The van der Waals surface area contributed by atoms with Crippen LogP contribution in [0.1, 0.15) is 29.5 Å². The van der Waals surface area contributed by atoms with Gasteiger partial charge in [0.25, 0.3) is 0 Å². The maximum atomic E-state index is 13.7. The molecule has 1 fully saturated rings. The van der Waals surface area contributed by atoms with Gasteiger partial charge in [0.05, 0.1) is 9.79 Å². The van der Waals surface area contributed by atoms with E-state index in [-0.39, 0.29) is 35.3 Å². The summed E-state index contributed by atoms with van der Waals surface area (Å²) in [7, 11) is -7.62. The van der Waals surface area contributed by atoms with Crippen LogP contribution < -0.4 is 0 Å². The van der Waals surface area contributed by atoms with Crippen molar-refractivity contribution in [3.05, 3.63) is 102 Å². The van der Waals surface area contributed by atoms with Gasteiger partial charge in [-0.15, -0.1) is 12.4 Å². The van der Waals surface area contributed by atoms with Gasteiger partial charge >= 0.3 is 0 Å². The standard InChI is InChI=1S/C30H38N4O4S2.ClH/c1-25-6-10-29(11-7-25)39(35,36)33-20-4-18-32(24-28-14-16-31-17-15-28)19-5-21-34(23-27(3)22-33)40(37,38)30-12-8-26(2)9-13-30;/h6-17H,3-5,18-24H2,1-2H3;1H. The Morgan fingerprint density at radius 2 is 1.10 bits per heavy atom. The molecule has 0 spiro atoms. The lowest BCUT2D eigenvalue weighted by molar-refractivity contribution is 0.238. The lowest BCUT2D eigenvalue weighted by atomic mass is 10.2. The molecular formula is C30H39ClN4O4S2. The summed E-state index contributed by atoms with van der Waals surface area (Å²) in [5.41, 5.74) is 3.57. The van der Waals surface area contributed by atoms with Crippen molar-refractivity contribution in [3.8, 4) is 0 Å². The zero-order chi connectivity index (χ0) is 28.8. The molecule has 0 amide bonds. The van der Waals surface area contributed by atoms with Crippen molar-refractivity contribution in [1.82, 2.24) is 18.5 Å². The first-order valence-electron chi connectivity index (χ1n) is 13.5. The highest BCUT2D eigenvalue weighted by atomic mass is 35.5. The molecule has 1 saturated heterocycles. The van der Waals surface area contributed by atoms with Crippen LogP contribution in [-0.4, -0.2) is 74.6 Å². The van der Waals surface area contributed by atoms with Crippen LogP contribution in [0, 0.1) is 13.8 Å². The molecule has 0 aliphatic carbocycles. The van der Waals surface area contributed by atoms with E-state index >= 15 is 0 Å². The smallest absolute Gasteiger partial charge is 0.243 e. The molecule has 0 unspecified atom stereocenters. The molecule has 0 bridgehead atoms. The second-order valence-electron chi connectivity index (χ2n) is 10.4. The molecule has 0 radical (unpaired) electrons. The Morgan fingerprint density at radius 1 is 0.683 bits per heavy atom. The fourth-order valence-corrected chi connectivity index (χ4v) is 7.79.